The topological polar surface area (TPSA) is 8.17 Å². The van der Waals surface area contributed by atoms with Crippen LogP contribution in [0.25, 0.3) is 89.0 Å². The molecule has 0 saturated carbocycles. The molecule has 0 atom stereocenters. The third-order valence-electron chi connectivity index (χ3n) is 13.2. The molecular formula is C64H46N2. The zero-order valence-corrected chi connectivity index (χ0v) is 36.6. The van der Waals surface area contributed by atoms with E-state index in [9.17, 15) is 0 Å². The Morgan fingerprint density at radius 2 is 1.00 bits per heavy atom. The average Bonchev–Trinajstić information content (AvgIpc) is 3.71. The van der Waals surface area contributed by atoms with Crippen molar-refractivity contribution in [3.05, 3.63) is 259 Å². The molecule has 0 N–H and O–H groups in total. The van der Waals surface area contributed by atoms with E-state index in [-0.39, 0.29) is 0 Å². The molecule has 0 radical (unpaired) electrons. The molecule has 0 amide bonds. The van der Waals surface area contributed by atoms with Gasteiger partial charge >= 0.3 is 0 Å². The Hall–Kier alpha value is -8.46. The van der Waals surface area contributed by atoms with Gasteiger partial charge in [-0.05, 0) is 146 Å². The lowest BCUT2D eigenvalue weighted by Gasteiger charge is -2.25. The normalized spacial score (nSPS) is 12.7. The molecular weight excluding hydrogens is 797 g/mol. The number of hydrogen-bond acceptors (Lipinski definition) is 1. The molecule has 0 fully saturated rings. The number of para-hydroxylation sites is 3. The average molecular weight is 843 g/mol. The minimum absolute atomic E-state index is 1.08. The van der Waals surface area contributed by atoms with Crippen LogP contribution in [0.1, 0.15) is 29.5 Å². The van der Waals surface area contributed by atoms with Crippen molar-refractivity contribution in [2.75, 3.05) is 4.90 Å². The predicted octanol–water partition coefficient (Wildman–Crippen LogP) is 17.8. The Balaban J connectivity index is 0.909. The summed E-state index contributed by atoms with van der Waals surface area (Å²) < 4.78 is 2.41. The summed E-state index contributed by atoms with van der Waals surface area (Å²) in [4.78, 5) is 2.33. The van der Waals surface area contributed by atoms with E-state index in [0.717, 1.165) is 41.2 Å². The summed E-state index contributed by atoms with van der Waals surface area (Å²) >= 11 is 0. The number of nitrogens with zero attached hydrogens (tertiary/aromatic N) is 2. The van der Waals surface area contributed by atoms with E-state index in [0.29, 0.717) is 0 Å². The maximum absolute atomic E-state index is 2.41. The van der Waals surface area contributed by atoms with Gasteiger partial charge in [-0.3, -0.25) is 0 Å². The van der Waals surface area contributed by atoms with Gasteiger partial charge in [0.2, 0.25) is 0 Å². The van der Waals surface area contributed by atoms with Crippen molar-refractivity contribution < 1.29 is 0 Å². The zero-order chi connectivity index (χ0) is 43.8. The van der Waals surface area contributed by atoms with Gasteiger partial charge in [-0.1, -0.05) is 188 Å². The molecule has 66 heavy (non-hydrogen) atoms. The fraction of sp³-hybridized carbons (Fsp3) is 0.0312. The second-order valence-electron chi connectivity index (χ2n) is 17.2. The Bertz CT molecular complexity index is 3630. The van der Waals surface area contributed by atoms with Crippen molar-refractivity contribution in [1.82, 2.24) is 4.57 Å². The largest absolute Gasteiger partial charge is 0.310 e. The highest BCUT2D eigenvalue weighted by atomic mass is 15.1. The van der Waals surface area contributed by atoms with E-state index in [4.69, 9.17) is 0 Å². The SMILES string of the molecule is C1=CC(c2ccc(-c3ccccc3)c3c(-c4ccc5cc(/C=C/c6ccc7c8ccc(N(c9ccccc9)c9ccccc9)cc8n(-c8ccccc8)c7c6)ccc5c4)cccc23)=CCC1. The molecule has 11 aromatic rings. The highest BCUT2D eigenvalue weighted by molar-refractivity contribution is 6.13. The van der Waals surface area contributed by atoms with E-state index < -0.39 is 0 Å². The summed E-state index contributed by atoms with van der Waals surface area (Å²) in [6.45, 7) is 0. The quantitative estimate of drug-likeness (QED) is 0.131. The van der Waals surface area contributed by atoms with Crippen LogP contribution in [0, 0.1) is 0 Å². The van der Waals surface area contributed by atoms with Gasteiger partial charge in [0, 0.05) is 33.5 Å². The Kier molecular flexibility index (Phi) is 10.0. The first kappa shape index (κ1) is 39.2. The summed E-state index contributed by atoms with van der Waals surface area (Å²) in [6, 6.07) is 81.7. The molecule has 0 unspecified atom stereocenters. The minimum atomic E-state index is 1.08. The van der Waals surface area contributed by atoms with Crippen LogP contribution in [-0.4, -0.2) is 4.57 Å². The Morgan fingerprint density at radius 1 is 0.394 bits per heavy atom. The van der Waals surface area contributed by atoms with Gasteiger partial charge in [-0.25, -0.2) is 0 Å². The third-order valence-corrected chi connectivity index (χ3v) is 13.2. The maximum Gasteiger partial charge on any atom is 0.0561 e. The van der Waals surface area contributed by atoms with Crippen molar-refractivity contribution in [2.24, 2.45) is 0 Å². The van der Waals surface area contributed by atoms with Gasteiger partial charge in [0.25, 0.3) is 0 Å². The fourth-order valence-electron chi connectivity index (χ4n) is 10.0. The van der Waals surface area contributed by atoms with Gasteiger partial charge in [-0.2, -0.15) is 0 Å². The molecule has 1 heterocycles. The van der Waals surface area contributed by atoms with Crippen molar-refractivity contribution in [3.8, 4) is 27.9 Å². The lowest BCUT2D eigenvalue weighted by molar-refractivity contribution is 1.04. The van der Waals surface area contributed by atoms with Crippen LogP contribution in [0.3, 0.4) is 0 Å². The number of hydrogen-bond donors (Lipinski definition) is 0. The van der Waals surface area contributed by atoms with E-state index in [2.05, 4.69) is 264 Å². The molecule has 0 saturated heterocycles. The van der Waals surface area contributed by atoms with Gasteiger partial charge in [0.15, 0.2) is 0 Å². The minimum Gasteiger partial charge on any atom is -0.310 e. The van der Waals surface area contributed by atoms with E-state index in [1.165, 1.54) is 82.3 Å². The summed E-state index contributed by atoms with van der Waals surface area (Å²) in [6.07, 6.45) is 13.6. The molecule has 0 spiro atoms. The van der Waals surface area contributed by atoms with E-state index >= 15 is 0 Å². The van der Waals surface area contributed by atoms with Crippen LogP contribution in [-0.2, 0) is 0 Å². The molecule has 1 aromatic heterocycles. The first-order chi connectivity index (χ1) is 32.7. The van der Waals surface area contributed by atoms with Crippen molar-refractivity contribution in [2.45, 2.75) is 12.8 Å². The van der Waals surface area contributed by atoms with Crippen LogP contribution >= 0.6 is 0 Å². The van der Waals surface area contributed by atoms with Crippen molar-refractivity contribution in [3.63, 3.8) is 0 Å². The molecule has 312 valence electrons. The van der Waals surface area contributed by atoms with Crippen molar-refractivity contribution in [1.29, 1.82) is 0 Å². The molecule has 0 aliphatic heterocycles. The monoisotopic (exact) mass is 842 g/mol. The van der Waals surface area contributed by atoms with Gasteiger partial charge in [0.05, 0.1) is 11.0 Å². The molecule has 1 aliphatic rings. The van der Waals surface area contributed by atoms with Crippen LogP contribution in [0.4, 0.5) is 17.1 Å². The van der Waals surface area contributed by atoms with Gasteiger partial charge in [-0.15, -0.1) is 0 Å². The van der Waals surface area contributed by atoms with Gasteiger partial charge < -0.3 is 9.47 Å². The third kappa shape index (κ3) is 7.19. The second-order valence-corrected chi connectivity index (χ2v) is 17.2. The highest BCUT2D eigenvalue weighted by Crippen LogP contribution is 2.43. The fourth-order valence-corrected chi connectivity index (χ4v) is 10.0. The number of allylic oxidation sites excluding steroid dienone is 4. The number of aromatic nitrogens is 1. The highest BCUT2D eigenvalue weighted by Gasteiger charge is 2.19. The summed E-state index contributed by atoms with van der Waals surface area (Å²) in [5.41, 5.74) is 16.7. The molecule has 12 rings (SSSR count). The molecule has 1 aliphatic carbocycles. The van der Waals surface area contributed by atoms with Crippen LogP contribution < -0.4 is 4.90 Å². The first-order valence-electron chi connectivity index (χ1n) is 23.0. The smallest absolute Gasteiger partial charge is 0.0561 e. The Labute approximate surface area is 386 Å². The predicted molar refractivity (Wildman–Crippen MR) is 283 cm³/mol. The van der Waals surface area contributed by atoms with Gasteiger partial charge in [0.1, 0.15) is 0 Å². The van der Waals surface area contributed by atoms with E-state index in [1.807, 2.05) is 0 Å². The van der Waals surface area contributed by atoms with Crippen LogP contribution in [0.15, 0.2) is 243 Å². The number of fused-ring (bicyclic) bond motifs is 5. The lowest BCUT2D eigenvalue weighted by atomic mass is 9.86. The first-order valence-corrected chi connectivity index (χ1v) is 23.0. The van der Waals surface area contributed by atoms with Crippen LogP contribution in [0.5, 0.6) is 0 Å². The number of anilines is 3. The standard InChI is InChI=1S/C64H46N2/c1-6-17-47(18-7-1)56-39-40-58(48-19-8-2-9-20-48)64-57(27-16-28-61(56)64)51-35-34-49-41-45(31-33-50(49)43-51)29-30-46-32-37-59-60-38-36-55(44-63(60)66(62(59)42-46)54-25-14-5-15-26-54)65(52-21-10-3-11-22-52)53-23-12-4-13-24-53/h2-6,8-44H,1,7H2/b30-29+. The maximum atomic E-state index is 2.41. The second kappa shape index (κ2) is 16.9. The molecule has 0 bridgehead atoms. The Morgan fingerprint density at radius 3 is 1.73 bits per heavy atom. The number of benzene rings is 10. The molecule has 10 aromatic carbocycles. The van der Waals surface area contributed by atoms with E-state index in [1.54, 1.807) is 0 Å². The molecule has 2 heteroatoms. The number of rotatable bonds is 9. The summed E-state index contributed by atoms with van der Waals surface area (Å²) in [7, 11) is 0. The molecule has 2 nitrogen and oxygen atoms in total. The summed E-state index contributed by atoms with van der Waals surface area (Å²) in [5.74, 6) is 0. The lowest BCUT2D eigenvalue weighted by Crippen LogP contribution is -2.09. The zero-order valence-electron chi connectivity index (χ0n) is 36.6. The van der Waals surface area contributed by atoms with Crippen LogP contribution in [0.2, 0.25) is 0 Å². The van der Waals surface area contributed by atoms with Crippen molar-refractivity contribution >= 4 is 78.1 Å². The summed E-state index contributed by atoms with van der Waals surface area (Å²) in [5, 5.41) is 7.48.